The summed E-state index contributed by atoms with van der Waals surface area (Å²) >= 11 is 0. The molecular formula is C15H10F2N2O3. The molecule has 0 aliphatic rings. The van der Waals surface area contributed by atoms with Crippen LogP contribution in [0.25, 0.3) is 16.6 Å². The summed E-state index contributed by atoms with van der Waals surface area (Å²) in [5, 5.41) is 0.00554. The predicted octanol–water partition coefficient (Wildman–Crippen LogP) is 1.97. The molecule has 7 heteroatoms. The highest BCUT2D eigenvalue weighted by Gasteiger charge is 2.16. The smallest absolute Gasteiger partial charge is 0.333 e. The van der Waals surface area contributed by atoms with Gasteiger partial charge in [0.15, 0.2) is 0 Å². The number of ether oxygens (including phenoxy) is 1. The molecule has 5 nitrogen and oxygen atoms in total. The molecule has 1 N–H and O–H groups in total. The summed E-state index contributed by atoms with van der Waals surface area (Å²) in [5.41, 5.74) is -1.61. The molecule has 0 aliphatic heterocycles. The largest absolute Gasteiger partial charge is 0.494 e. The number of aromatic nitrogens is 2. The van der Waals surface area contributed by atoms with Crippen molar-refractivity contribution in [2.75, 3.05) is 7.11 Å². The fraction of sp³-hybridized carbons (Fsp3) is 0.0667. The highest BCUT2D eigenvalue weighted by molar-refractivity contribution is 5.80. The summed E-state index contributed by atoms with van der Waals surface area (Å²) in [7, 11) is 1.30. The van der Waals surface area contributed by atoms with Gasteiger partial charge in [0.1, 0.15) is 17.4 Å². The van der Waals surface area contributed by atoms with Crippen molar-refractivity contribution in [3.63, 3.8) is 0 Å². The maximum atomic E-state index is 14.2. The molecule has 0 aliphatic carbocycles. The van der Waals surface area contributed by atoms with E-state index in [1.165, 1.54) is 25.3 Å². The lowest BCUT2D eigenvalue weighted by molar-refractivity contribution is 0.409. The van der Waals surface area contributed by atoms with E-state index in [0.717, 1.165) is 22.8 Å². The third-order valence-electron chi connectivity index (χ3n) is 3.26. The Morgan fingerprint density at radius 1 is 1.14 bits per heavy atom. The topological polar surface area (TPSA) is 64.1 Å². The minimum absolute atomic E-state index is 0.00554. The van der Waals surface area contributed by atoms with Gasteiger partial charge in [-0.15, -0.1) is 0 Å². The molecule has 0 unspecified atom stereocenters. The average molecular weight is 304 g/mol. The Kier molecular flexibility index (Phi) is 3.25. The lowest BCUT2D eigenvalue weighted by Gasteiger charge is -2.13. The molecule has 0 atom stereocenters. The Bertz CT molecular complexity index is 992. The Labute approximate surface area is 122 Å². The summed E-state index contributed by atoms with van der Waals surface area (Å²) < 4.78 is 33.5. The highest BCUT2D eigenvalue weighted by Crippen LogP contribution is 2.25. The van der Waals surface area contributed by atoms with Gasteiger partial charge in [-0.05, 0) is 24.3 Å². The zero-order valence-corrected chi connectivity index (χ0v) is 11.4. The first-order valence-corrected chi connectivity index (χ1v) is 6.30. The van der Waals surface area contributed by atoms with E-state index in [9.17, 15) is 18.4 Å². The molecule has 1 aromatic heterocycles. The van der Waals surface area contributed by atoms with Crippen LogP contribution >= 0.6 is 0 Å². The zero-order chi connectivity index (χ0) is 15.9. The van der Waals surface area contributed by atoms with E-state index in [1.54, 1.807) is 0 Å². The number of rotatable bonds is 2. The van der Waals surface area contributed by atoms with Gasteiger partial charge in [-0.3, -0.25) is 14.3 Å². The lowest BCUT2D eigenvalue weighted by Crippen LogP contribution is -2.30. The van der Waals surface area contributed by atoms with Crippen LogP contribution in [-0.4, -0.2) is 16.7 Å². The molecule has 3 aromatic rings. The van der Waals surface area contributed by atoms with E-state index in [2.05, 4.69) is 4.98 Å². The molecule has 0 amide bonds. The molecule has 2 aromatic carbocycles. The molecular weight excluding hydrogens is 294 g/mol. The second kappa shape index (κ2) is 5.10. The van der Waals surface area contributed by atoms with Crippen molar-refractivity contribution in [3.05, 3.63) is 68.9 Å². The second-order valence-electron chi connectivity index (χ2n) is 4.55. The first-order valence-electron chi connectivity index (χ1n) is 6.30. The fourth-order valence-electron chi connectivity index (χ4n) is 2.31. The van der Waals surface area contributed by atoms with Crippen molar-refractivity contribution in [3.8, 4) is 11.4 Å². The summed E-state index contributed by atoms with van der Waals surface area (Å²) in [6.45, 7) is 0. The number of nitrogens with one attached hydrogen (secondary N) is 1. The van der Waals surface area contributed by atoms with Crippen molar-refractivity contribution < 1.29 is 13.5 Å². The van der Waals surface area contributed by atoms with E-state index in [1.807, 2.05) is 0 Å². The van der Waals surface area contributed by atoms with Crippen LogP contribution in [0.5, 0.6) is 5.75 Å². The van der Waals surface area contributed by atoms with Gasteiger partial charge in [0, 0.05) is 6.07 Å². The van der Waals surface area contributed by atoms with Crippen molar-refractivity contribution in [2.45, 2.75) is 0 Å². The summed E-state index contributed by atoms with van der Waals surface area (Å²) in [4.78, 5) is 26.1. The molecule has 0 saturated carbocycles. The Morgan fingerprint density at radius 3 is 2.64 bits per heavy atom. The van der Waals surface area contributed by atoms with Crippen LogP contribution in [0.1, 0.15) is 0 Å². The first kappa shape index (κ1) is 14.0. The number of fused-ring (bicyclic) bond motifs is 1. The number of halogens is 2. The van der Waals surface area contributed by atoms with Gasteiger partial charge in [-0.1, -0.05) is 6.07 Å². The van der Waals surface area contributed by atoms with Crippen LogP contribution in [-0.2, 0) is 0 Å². The molecule has 0 saturated heterocycles. The number of hydrogen-bond donors (Lipinski definition) is 1. The number of para-hydroxylation sites is 1. The van der Waals surface area contributed by atoms with E-state index in [0.29, 0.717) is 0 Å². The number of H-pyrrole nitrogens is 1. The van der Waals surface area contributed by atoms with Gasteiger partial charge in [0.25, 0.3) is 5.56 Å². The Morgan fingerprint density at radius 2 is 1.91 bits per heavy atom. The number of benzene rings is 2. The van der Waals surface area contributed by atoms with Crippen LogP contribution in [0.4, 0.5) is 8.78 Å². The molecule has 1 heterocycles. The quantitative estimate of drug-likeness (QED) is 0.787. The minimum atomic E-state index is -0.840. The number of nitrogens with zero attached hydrogens (tertiary/aromatic N) is 1. The van der Waals surface area contributed by atoms with Gasteiger partial charge in [0.05, 0.1) is 23.7 Å². The number of hydrogen-bond acceptors (Lipinski definition) is 3. The standard InChI is InChI=1S/C15H10F2N2O3/c1-22-12-7-8(16)5-6-11(12)19-13-9(3-2-4-10(13)17)14(20)18-15(19)21/h2-7H,1H3,(H,18,20,21). The van der Waals surface area contributed by atoms with Crippen LogP contribution in [0.2, 0.25) is 0 Å². The molecule has 22 heavy (non-hydrogen) atoms. The van der Waals surface area contributed by atoms with E-state index in [4.69, 9.17) is 4.74 Å². The third-order valence-corrected chi connectivity index (χ3v) is 3.26. The molecule has 0 radical (unpaired) electrons. The average Bonchev–Trinajstić information content (AvgIpc) is 2.49. The van der Waals surface area contributed by atoms with Gasteiger partial charge in [-0.25, -0.2) is 13.6 Å². The van der Waals surface area contributed by atoms with Gasteiger partial charge < -0.3 is 4.74 Å². The Hall–Kier alpha value is -2.96. The fourth-order valence-corrected chi connectivity index (χ4v) is 2.31. The highest BCUT2D eigenvalue weighted by atomic mass is 19.1. The third kappa shape index (κ3) is 2.07. The normalized spacial score (nSPS) is 10.9. The molecule has 112 valence electrons. The van der Waals surface area contributed by atoms with Crippen LogP contribution in [0.3, 0.4) is 0 Å². The van der Waals surface area contributed by atoms with Crippen molar-refractivity contribution in [2.24, 2.45) is 0 Å². The molecule has 3 rings (SSSR count). The Balaban J connectivity index is 2.52. The van der Waals surface area contributed by atoms with Crippen LogP contribution < -0.4 is 16.0 Å². The summed E-state index contributed by atoms with van der Waals surface area (Å²) in [5.74, 6) is -1.27. The number of methoxy groups -OCH3 is 1. The van der Waals surface area contributed by atoms with Crippen molar-refractivity contribution >= 4 is 10.9 Å². The van der Waals surface area contributed by atoms with Crippen molar-refractivity contribution in [1.29, 1.82) is 0 Å². The van der Waals surface area contributed by atoms with Gasteiger partial charge in [-0.2, -0.15) is 0 Å². The van der Waals surface area contributed by atoms with Gasteiger partial charge >= 0.3 is 5.69 Å². The zero-order valence-electron chi connectivity index (χ0n) is 11.4. The SMILES string of the molecule is COc1cc(F)ccc1-n1c(=O)[nH]c(=O)c2cccc(F)c21. The number of aromatic amines is 1. The second-order valence-corrected chi connectivity index (χ2v) is 4.55. The summed E-state index contributed by atoms with van der Waals surface area (Å²) in [6.07, 6.45) is 0. The van der Waals surface area contributed by atoms with Gasteiger partial charge in [0.2, 0.25) is 0 Å². The molecule has 0 spiro atoms. The maximum Gasteiger partial charge on any atom is 0.333 e. The lowest BCUT2D eigenvalue weighted by atomic mass is 10.2. The maximum absolute atomic E-state index is 14.2. The first-order chi connectivity index (χ1) is 10.5. The summed E-state index contributed by atoms with van der Waals surface area (Å²) in [6, 6.07) is 7.35. The minimum Gasteiger partial charge on any atom is -0.494 e. The monoisotopic (exact) mass is 304 g/mol. The van der Waals surface area contributed by atoms with E-state index >= 15 is 0 Å². The van der Waals surface area contributed by atoms with Crippen LogP contribution in [0.15, 0.2) is 46.0 Å². The van der Waals surface area contributed by atoms with E-state index in [-0.39, 0.29) is 22.3 Å². The predicted molar refractivity (Wildman–Crippen MR) is 76.6 cm³/mol. The van der Waals surface area contributed by atoms with Crippen LogP contribution in [0, 0.1) is 11.6 Å². The van der Waals surface area contributed by atoms with Crippen molar-refractivity contribution in [1.82, 2.24) is 9.55 Å². The van der Waals surface area contributed by atoms with E-state index < -0.39 is 22.9 Å². The molecule has 0 fully saturated rings. The molecule has 0 bridgehead atoms.